The highest BCUT2D eigenvalue weighted by Crippen LogP contribution is 2.29. The van der Waals surface area contributed by atoms with Crippen LogP contribution in [0, 0.1) is 0 Å². The molecule has 0 radical (unpaired) electrons. The molecular formula is C13H17ClN4O2S. The minimum Gasteiger partial charge on any atom is -0.383 e. The number of hydrogen-bond acceptors (Lipinski definition) is 5. The van der Waals surface area contributed by atoms with Crippen LogP contribution in [0.1, 0.15) is 5.56 Å². The van der Waals surface area contributed by atoms with Gasteiger partial charge in [0.15, 0.2) is 20.6 Å². The fourth-order valence-corrected chi connectivity index (χ4v) is 3.14. The van der Waals surface area contributed by atoms with Gasteiger partial charge in [-0.25, -0.2) is 13.1 Å². The van der Waals surface area contributed by atoms with Crippen molar-refractivity contribution in [3.8, 4) is 0 Å². The second-order valence-corrected chi connectivity index (χ2v) is 7.38. The van der Waals surface area contributed by atoms with Gasteiger partial charge in [0.25, 0.3) is 0 Å². The SMILES string of the molecule is CN(C)c1nn(Cc2ccc(Cl)cc2)c(N)c1S(C)(=O)=O. The van der Waals surface area contributed by atoms with Gasteiger partial charge in [-0.2, -0.15) is 5.10 Å². The largest absolute Gasteiger partial charge is 0.383 e. The number of aromatic nitrogens is 2. The van der Waals surface area contributed by atoms with Crippen LogP contribution in [0.15, 0.2) is 29.2 Å². The maximum Gasteiger partial charge on any atom is 0.182 e. The molecule has 0 aliphatic carbocycles. The average Bonchev–Trinajstić information content (AvgIpc) is 2.70. The first-order valence-corrected chi connectivity index (χ1v) is 8.45. The second-order valence-electron chi connectivity index (χ2n) is 4.99. The van der Waals surface area contributed by atoms with Crippen LogP contribution in [0.25, 0.3) is 0 Å². The summed E-state index contributed by atoms with van der Waals surface area (Å²) in [4.78, 5) is 1.69. The summed E-state index contributed by atoms with van der Waals surface area (Å²) in [6.45, 7) is 0.374. The number of nitrogens with two attached hydrogens (primary N) is 1. The zero-order valence-corrected chi connectivity index (χ0v) is 13.6. The molecule has 0 saturated heterocycles. The molecule has 1 heterocycles. The van der Waals surface area contributed by atoms with Crippen LogP contribution in [-0.4, -0.2) is 38.5 Å². The number of rotatable bonds is 4. The molecule has 2 N–H and O–H groups in total. The van der Waals surface area contributed by atoms with Crippen LogP contribution in [-0.2, 0) is 16.4 Å². The van der Waals surface area contributed by atoms with Gasteiger partial charge in [-0.05, 0) is 17.7 Å². The van der Waals surface area contributed by atoms with E-state index in [-0.39, 0.29) is 10.7 Å². The lowest BCUT2D eigenvalue weighted by Crippen LogP contribution is -2.13. The molecule has 6 nitrogen and oxygen atoms in total. The van der Waals surface area contributed by atoms with Gasteiger partial charge < -0.3 is 10.6 Å². The number of benzene rings is 1. The molecule has 8 heteroatoms. The van der Waals surface area contributed by atoms with E-state index in [1.165, 1.54) is 4.68 Å². The number of nitrogens with zero attached hydrogens (tertiary/aromatic N) is 3. The average molecular weight is 329 g/mol. The number of sulfone groups is 1. The zero-order valence-electron chi connectivity index (χ0n) is 12.0. The summed E-state index contributed by atoms with van der Waals surface area (Å²) in [7, 11) is -0.00788. The van der Waals surface area contributed by atoms with Crippen LogP contribution >= 0.6 is 11.6 Å². The molecule has 0 spiro atoms. The summed E-state index contributed by atoms with van der Waals surface area (Å²) in [6.07, 6.45) is 1.13. The lowest BCUT2D eigenvalue weighted by Gasteiger charge is -2.09. The number of hydrogen-bond donors (Lipinski definition) is 1. The predicted molar refractivity (Wildman–Crippen MR) is 84.6 cm³/mol. The van der Waals surface area contributed by atoms with Gasteiger partial charge in [0.1, 0.15) is 5.82 Å². The third-order valence-corrected chi connectivity index (χ3v) is 4.35. The van der Waals surface area contributed by atoms with Gasteiger partial charge in [-0.3, -0.25) is 0 Å². The van der Waals surface area contributed by atoms with Gasteiger partial charge in [-0.1, -0.05) is 23.7 Å². The molecule has 0 bridgehead atoms. The Labute approximate surface area is 129 Å². The van der Waals surface area contributed by atoms with Crippen molar-refractivity contribution >= 4 is 33.1 Å². The lowest BCUT2D eigenvalue weighted by molar-refractivity contribution is 0.602. The Bertz CT molecular complexity index is 751. The minimum absolute atomic E-state index is 0.0569. The first kappa shape index (κ1) is 15.7. The fourth-order valence-electron chi connectivity index (χ4n) is 1.98. The van der Waals surface area contributed by atoms with E-state index in [1.807, 2.05) is 12.1 Å². The predicted octanol–water partition coefficient (Wildman–Crippen LogP) is 1.64. The normalized spacial score (nSPS) is 11.6. The van der Waals surface area contributed by atoms with Gasteiger partial charge in [0, 0.05) is 25.4 Å². The van der Waals surface area contributed by atoms with E-state index in [0.29, 0.717) is 17.4 Å². The molecule has 0 fully saturated rings. The molecule has 1 aromatic heterocycles. The number of halogens is 1. The molecule has 0 atom stereocenters. The van der Waals surface area contributed by atoms with Crippen molar-refractivity contribution in [2.75, 3.05) is 31.0 Å². The van der Waals surface area contributed by atoms with E-state index >= 15 is 0 Å². The Hall–Kier alpha value is -1.73. The minimum atomic E-state index is -3.46. The molecule has 0 amide bonds. The smallest absolute Gasteiger partial charge is 0.182 e. The molecule has 0 aliphatic heterocycles. The number of nitrogen functional groups attached to an aromatic ring is 1. The molecular weight excluding hydrogens is 312 g/mol. The molecule has 0 saturated carbocycles. The molecule has 2 rings (SSSR count). The topological polar surface area (TPSA) is 81.2 Å². The number of anilines is 2. The molecule has 0 aliphatic rings. The van der Waals surface area contributed by atoms with Gasteiger partial charge >= 0.3 is 0 Å². The first-order valence-electron chi connectivity index (χ1n) is 6.18. The third kappa shape index (κ3) is 3.30. The third-order valence-electron chi connectivity index (χ3n) is 2.97. The summed E-state index contributed by atoms with van der Waals surface area (Å²) in [5.41, 5.74) is 6.90. The summed E-state index contributed by atoms with van der Waals surface area (Å²) in [5.74, 6) is 0.472. The summed E-state index contributed by atoms with van der Waals surface area (Å²) in [5, 5.41) is 4.94. The monoisotopic (exact) mass is 328 g/mol. The highest BCUT2D eigenvalue weighted by atomic mass is 35.5. The van der Waals surface area contributed by atoms with Crippen LogP contribution in [0.3, 0.4) is 0 Å². The van der Waals surface area contributed by atoms with E-state index in [1.54, 1.807) is 31.1 Å². The van der Waals surface area contributed by atoms with Crippen molar-refractivity contribution in [2.24, 2.45) is 0 Å². The molecule has 2 aromatic rings. The lowest BCUT2D eigenvalue weighted by atomic mass is 10.2. The summed E-state index contributed by atoms with van der Waals surface area (Å²) in [6, 6.07) is 7.22. The fraction of sp³-hybridized carbons (Fsp3) is 0.308. The van der Waals surface area contributed by atoms with Crippen molar-refractivity contribution in [1.82, 2.24) is 9.78 Å². The highest BCUT2D eigenvalue weighted by Gasteiger charge is 2.25. The van der Waals surface area contributed by atoms with Crippen molar-refractivity contribution in [2.45, 2.75) is 11.4 Å². The summed E-state index contributed by atoms with van der Waals surface area (Å²) < 4.78 is 25.3. The van der Waals surface area contributed by atoms with Crippen molar-refractivity contribution in [1.29, 1.82) is 0 Å². The summed E-state index contributed by atoms with van der Waals surface area (Å²) >= 11 is 5.84. The highest BCUT2D eigenvalue weighted by molar-refractivity contribution is 7.91. The van der Waals surface area contributed by atoms with Gasteiger partial charge in [0.05, 0.1) is 6.54 Å². The van der Waals surface area contributed by atoms with Crippen molar-refractivity contribution in [3.05, 3.63) is 34.9 Å². The van der Waals surface area contributed by atoms with Crippen molar-refractivity contribution in [3.63, 3.8) is 0 Å². The Morgan fingerprint density at radius 3 is 2.29 bits per heavy atom. The van der Waals surface area contributed by atoms with Gasteiger partial charge in [-0.15, -0.1) is 0 Å². The van der Waals surface area contributed by atoms with E-state index < -0.39 is 9.84 Å². The molecule has 21 heavy (non-hydrogen) atoms. The van der Waals surface area contributed by atoms with Crippen LogP contribution in [0.2, 0.25) is 5.02 Å². The van der Waals surface area contributed by atoms with Crippen LogP contribution < -0.4 is 10.6 Å². The van der Waals surface area contributed by atoms with E-state index in [9.17, 15) is 8.42 Å². The zero-order chi connectivity index (χ0) is 15.8. The Balaban J connectivity index is 2.48. The molecule has 0 unspecified atom stereocenters. The first-order chi connectivity index (χ1) is 9.70. The maximum absolute atomic E-state index is 11.9. The van der Waals surface area contributed by atoms with Gasteiger partial charge in [0.2, 0.25) is 0 Å². The quantitative estimate of drug-likeness (QED) is 0.922. The van der Waals surface area contributed by atoms with E-state index in [0.717, 1.165) is 11.8 Å². The Morgan fingerprint density at radius 2 is 1.86 bits per heavy atom. The van der Waals surface area contributed by atoms with E-state index in [4.69, 9.17) is 17.3 Å². The van der Waals surface area contributed by atoms with Crippen LogP contribution in [0.5, 0.6) is 0 Å². The standard InChI is InChI=1S/C13H17ClN4O2S/c1-17(2)13-11(21(3,19)20)12(15)18(16-13)8-9-4-6-10(14)7-5-9/h4-7H,8,15H2,1-3H3. The second kappa shape index (κ2) is 5.57. The van der Waals surface area contributed by atoms with Crippen molar-refractivity contribution < 1.29 is 8.42 Å². The molecule has 1 aromatic carbocycles. The Morgan fingerprint density at radius 1 is 1.29 bits per heavy atom. The molecule has 114 valence electrons. The van der Waals surface area contributed by atoms with Crippen LogP contribution in [0.4, 0.5) is 11.6 Å². The van der Waals surface area contributed by atoms with E-state index in [2.05, 4.69) is 5.10 Å². The Kier molecular flexibility index (Phi) is 4.15. The maximum atomic E-state index is 11.9.